The number of benzene rings is 1. The normalized spacial score (nSPS) is 11.9. The Balaban J connectivity index is 2.99. The van der Waals surface area contributed by atoms with Gasteiger partial charge in [-0.1, -0.05) is 17.7 Å². The van der Waals surface area contributed by atoms with Crippen LogP contribution in [0.4, 0.5) is 4.39 Å². The monoisotopic (exact) mass is 212 g/mol. The molecule has 0 heterocycles. The molecule has 0 bridgehead atoms. The van der Waals surface area contributed by atoms with Crippen molar-refractivity contribution in [2.45, 2.75) is 20.3 Å². The number of alkyl halides is 1. The van der Waals surface area contributed by atoms with Crippen molar-refractivity contribution in [3.63, 3.8) is 0 Å². The molecule has 1 aromatic rings. The van der Waals surface area contributed by atoms with Gasteiger partial charge in [0.25, 0.3) is 0 Å². The Kier molecular flexibility index (Phi) is 4.15. The second-order valence-electron chi connectivity index (χ2n) is 3.35. The quantitative estimate of drug-likeness (QED) is 0.660. The fourth-order valence-corrected chi connectivity index (χ4v) is 1.43. The maximum atomic E-state index is 13.4. The van der Waals surface area contributed by atoms with Crippen LogP contribution in [0.2, 0.25) is 0 Å². The van der Waals surface area contributed by atoms with Crippen LogP contribution in [0.5, 0.6) is 0 Å². The van der Waals surface area contributed by atoms with Gasteiger partial charge in [-0.2, -0.15) is 0 Å². The zero-order valence-corrected chi connectivity index (χ0v) is 9.24. The molecule has 1 aromatic carbocycles. The highest BCUT2D eigenvalue weighted by Gasteiger charge is 2.03. The van der Waals surface area contributed by atoms with Gasteiger partial charge in [-0.15, -0.1) is 11.6 Å². The summed E-state index contributed by atoms with van der Waals surface area (Å²) in [6.45, 7) is 3.86. The van der Waals surface area contributed by atoms with Gasteiger partial charge >= 0.3 is 0 Å². The molecule has 0 radical (unpaired) electrons. The van der Waals surface area contributed by atoms with Crippen molar-refractivity contribution >= 4 is 17.2 Å². The molecule has 0 N–H and O–H groups in total. The summed E-state index contributed by atoms with van der Waals surface area (Å²) in [4.78, 5) is 0. The molecule has 0 saturated heterocycles. The van der Waals surface area contributed by atoms with Crippen LogP contribution in [0, 0.1) is 12.7 Å². The van der Waals surface area contributed by atoms with Crippen molar-refractivity contribution in [1.29, 1.82) is 0 Å². The summed E-state index contributed by atoms with van der Waals surface area (Å²) < 4.78 is 13.4. The number of rotatable bonds is 3. The van der Waals surface area contributed by atoms with Crippen molar-refractivity contribution in [3.8, 4) is 0 Å². The number of hydrogen-bond donors (Lipinski definition) is 0. The Morgan fingerprint density at radius 3 is 2.86 bits per heavy atom. The molecular weight excluding hydrogens is 199 g/mol. The zero-order chi connectivity index (χ0) is 10.6. The fraction of sp³-hybridized carbons (Fsp3) is 0.333. The summed E-state index contributed by atoms with van der Waals surface area (Å²) in [5.74, 6) is 0.407. The number of halogens is 2. The molecule has 0 aliphatic heterocycles. The summed E-state index contributed by atoms with van der Waals surface area (Å²) in [7, 11) is 0. The molecule has 0 amide bonds. The first-order chi connectivity index (χ1) is 6.65. The first-order valence-electron chi connectivity index (χ1n) is 4.64. The molecule has 0 saturated carbocycles. The Morgan fingerprint density at radius 2 is 2.21 bits per heavy atom. The van der Waals surface area contributed by atoms with Gasteiger partial charge < -0.3 is 0 Å². The number of allylic oxidation sites excluding steroid dienone is 2. The first-order valence-corrected chi connectivity index (χ1v) is 5.18. The van der Waals surface area contributed by atoms with Gasteiger partial charge in [-0.25, -0.2) is 4.39 Å². The Morgan fingerprint density at radius 1 is 1.50 bits per heavy atom. The van der Waals surface area contributed by atoms with Crippen molar-refractivity contribution in [2.24, 2.45) is 0 Å². The lowest BCUT2D eigenvalue weighted by Crippen LogP contribution is -1.88. The molecule has 1 rings (SSSR count). The van der Waals surface area contributed by atoms with Gasteiger partial charge in [0.1, 0.15) is 5.82 Å². The Bertz CT molecular complexity index is 342. The van der Waals surface area contributed by atoms with E-state index >= 15 is 0 Å². The summed E-state index contributed by atoms with van der Waals surface area (Å²) in [6.07, 6.45) is 2.74. The molecule has 2 heteroatoms. The van der Waals surface area contributed by atoms with Gasteiger partial charge in [0.2, 0.25) is 0 Å². The van der Waals surface area contributed by atoms with Crippen LogP contribution in [-0.2, 0) is 0 Å². The minimum absolute atomic E-state index is 0.168. The molecule has 0 fully saturated rings. The van der Waals surface area contributed by atoms with Crippen LogP contribution < -0.4 is 0 Å². The highest BCUT2D eigenvalue weighted by molar-refractivity contribution is 6.17. The van der Waals surface area contributed by atoms with Gasteiger partial charge in [-0.3, -0.25) is 0 Å². The third-order valence-electron chi connectivity index (χ3n) is 2.11. The first kappa shape index (κ1) is 11.3. The van der Waals surface area contributed by atoms with Crippen LogP contribution in [-0.4, -0.2) is 5.88 Å². The number of aryl methyl sites for hydroxylation is 1. The minimum atomic E-state index is -0.168. The standard InChI is InChI=1S/C12H14ClF/c1-9-5-6-12(14)11(8-9)10(2)4-3-7-13/h4-6,8H,3,7H2,1-2H3. The van der Waals surface area contributed by atoms with E-state index in [9.17, 15) is 4.39 Å². The minimum Gasteiger partial charge on any atom is -0.206 e. The second kappa shape index (κ2) is 5.16. The molecule has 0 aliphatic rings. The summed E-state index contributed by atoms with van der Waals surface area (Å²) >= 11 is 5.57. The third kappa shape index (κ3) is 2.85. The Labute approximate surface area is 89.4 Å². The van der Waals surface area contributed by atoms with E-state index < -0.39 is 0 Å². The van der Waals surface area contributed by atoms with Crippen molar-refractivity contribution in [3.05, 3.63) is 41.2 Å². The molecule has 0 spiro atoms. The maximum absolute atomic E-state index is 13.4. The maximum Gasteiger partial charge on any atom is 0.130 e. The summed E-state index contributed by atoms with van der Waals surface area (Å²) in [6, 6.07) is 5.13. The highest BCUT2D eigenvalue weighted by atomic mass is 35.5. The summed E-state index contributed by atoms with van der Waals surface area (Å²) in [5, 5.41) is 0. The number of hydrogen-bond acceptors (Lipinski definition) is 0. The van der Waals surface area contributed by atoms with E-state index in [1.807, 2.05) is 26.0 Å². The van der Waals surface area contributed by atoms with Gasteiger partial charge in [-0.05, 0) is 38.0 Å². The van der Waals surface area contributed by atoms with E-state index in [1.54, 1.807) is 6.07 Å². The molecule has 14 heavy (non-hydrogen) atoms. The smallest absolute Gasteiger partial charge is 0.130 e. The average molecular weight is 213 g/mol. The van der Waals surface area contributed by atoms with E-state index in [1.165, 1.54) is 6.07 Å². The molecule has 0 aromatic heterocycles. The Hall–Kier alpha value is -0.820. The van der Waals surface area contributed by atoms with Crippen LogP contribution in [0.3, 0.4) is 0 Å². The van der Waals surface area contributed by atoms with E-state index in [0.717, 1.165) is 17.6 Å². The van der Waals surface area contributed by atoms with E-state index in [2.05, 4.69) is 0 Å². The van der Waals surface area contributed by atoms with Crippen LogP contribution in [0.15, 0.2) is 24.3 Å². The lowest BCUT2D eigenvalue weighted by Gasteiger charge is -2.04. The molecule has 0 unspecified atom stereocenters. The molecule has 0 atom stereocenters. The SMILES string of the molecule is CC(=CCCCl)c1cc(C)ccc1F. The zero-order valence-electron chi connectivity index (χ0n) is 8.48. The summed E-state index contributed by atoms with van der Waals surface area (Å²) in [5.41, 5.74) is 2.70. The van der Waals surface area contributed by atoms with Crippen LogP contribution in [0.1, 0.15) is 24.5 Å². The molecule has 0 nitrogen and oxygen atoms in total. The lowest BCUT2D eigenvalue weighted by atomic mass is 10.0. The predicted octanol–water partition coefficient (Wildman–Crippen LogP) is 4.17. The lowest BCUT2D eigenvalue weighted by molar-refractivity contribution is 0.623. The van der Waals surface area contributed by atoms with E-state index in [4.69, 9.17) is 11.6 Å². The van der Waals surface area contributed by atoms with E-state index in [0.29, 0.717) is 11.4 Å². The molecule has 0 aliphatic carbocycles. The molecular formula is C12H14ClF. The largest absolute Gasteiger partial charge is 0.206 e. The average Bonchev–Trinajstić information content (AvgIpc) is 2.18. The van der Waals surface area contributed by atoms with Gasteiger partial charge in [0.05, 0.1) is 0 Å². The van der Waals surface area contributed by atoms with Crippen molar-refractivity contribution < 1.29 is 4.39 Å². The highest BCUT2D eigenvalue weighted by Crippen LogP contribution is 2.19. The van der Waals surface area contributed by atoms with E-state index in [-0.39, 0.29) is 5.82 Å². The second-order valence-corrected chi connectivity index (χ2v) is 3.73. The molecule has 76 valence electrons. The topological polar surface area (TPSA) is 0 Å². The van der Waals surface area contributed by atoms with Gasteiger partial charge in [0.15, 0.2) is 0 Å². The fourth-order valence-electron chi connectivity index (χ4n) is 1.32. The van der Waals surface area contributed by atoms with Crippen LogP contribution >= 0.6 is 11.6 Å². The van der Waals surface area contributed by atoms with Crippen molar-refractivity contribution in [2.75, 3.05) is 5.88 Å². The van der Waals surface area contributed by atoms with Gasteiger partial charge in [0, 0.05) is 11.4 Å². The third-order valence-corrected chi connectivity index (χ3v) is 2.32. The van der Waals surface area contributed by atoms with Crippen LogP contribution in [0.25, 0.3) is 5.57 Å². The van der Waals surface area contributed by atoms with Crippen molar-refractivity contribution in [1.82, 2.24) is 0 Å². The predicted molar refractivity (Wildman–Crippen MR) is 60.1 cm³/mol.